The van der Waals surface area contributed by atoms with E-state index in [0.29, 0.717) is 0 Å². The van der Waals surface area contributed by atoms with E-state index in [1.807, 2.05) is 6.92 Å². The van der Waals surface area contributed by atoms with Gasteiger partial charge in [-0.3, -0.25) is 0 Å². The predicted octanol–water partition coefficient (Wildman–Crippen LogP) is 1.92. The van der Waals surface area contributed by atoms with Crippen molar-refractivity contribution in [3.05, 3.63) is 12.7 Å². The van der Waals surface area contributed by atoms with Crippen LogP contribution in [-0.2, 0) is 4.74 Å². The maximum absolute atomic E-state index is 5.80. The van der Waals surface area contributed by atoms with E-state index < -0.39 is 0 Å². The first-order valence-electron chi connectivity index (χ1n) is 2.66. The number of hydrogen-bond donors (Lipinski definition) is 0. The quantitative estimate of drug-likeness (QED) is 0.318. The minimum atomic E-state index is -0.387. The molecule has 46 valence electrons. The number of alkyl halides is 1. The van der Waals surface area contributed by atoms with Gasteiger partial charge in [0.25, 0.3) is 0 Å². The van der Waals surface area contributed by atoms with Crippen molar-refractivity contribution in [2.45, 2.75) is 24.5 Å². The van der Waals surface area contributed by atoms with Gasteiger partial charge in [-0.25, -0.2) is 0 Å². The van der Waals surface area contributed by atoms with E-state index in [9.17, 15) is 0 Å². The summed E-state index contributed by atoms with van der Waals surface area (Å²) >= 11 is 5.80. The van der Waals surface area contributed by atoms with Gasteiger partial charge >= 0.3 is 0 Å². The second-order valence-corrected chi connectivity index (χ2v) is 2.68. The van der Waals surface area contributed by atoms with Crippen LogP contribution in [0, 0.1) is 0 Å². The second-order valence-electron chi connectivity index (χ2n) is 2.04. The van der Waals surface area contributed by atoms with Crippen molar-refractivity contribution >= 4 is 11.6 Å². The molecule has 2 unspecified atom stereocenters. The maximum atomic E-state index is 5.80. The largest absolute Gasteiger partial charge is 0.349 e. The molecule has 1 aliphatic heterocycles. The van der Waals surface area contributed by atoms with Crippen LogP contribution in [0.1, 0.15) is 13.3 Å². The van der Waals surface area contributed by atoms with E-state index in [0.717, 1.165) is 6.42 Å². The fourth-order valence-electron chi connectivity index (χ4n) is 0.671. The molecule has 0 spiro atoms. The lowest BCUT2D eigenvalue weighted by atomic mass is 10.2. The molecule has 0 aromatic carbocycles. The lowest BCUT2D eigenvalue weighted by molar-refractivity contribution is 0.358. The Morgan fingerprint density at radius 2 is 2.50 bits per heavy atom. The van der Waals surface area contributed by atoms with Crippen LogP contribution in [0.5, 0.6) is 0 Å². The Morgan fingerprint density at radius 1 is 2.00 bits per heavy atom. The van der Waals surface area contributed by atoms with Gasteiger partial charge in [0.2, 0.25) is 0 Å². The molecule has 0 aromatic heterocycles. The average Bonchev–Trinajstić information content (AvgIpc) is 2.16. The molecule has 1 fully saturated rings. The van der Waals surface area contributed by atoms with Crippen molar-refractivity contribution < 1.29 is 4.74 Å². The van der Waals surface area contributed by atoms with Crippen LogP contribution in [-0.4, -0.2) is 11.2 Å². The highest BCUT2D eigenvalue weighted by atomic mass is 35.5. The van der Waals surface area contributed by atoms with Gasteiger partial charge in [-0.05, 0) is 6.92 Å². The van der Waals surface area contributed by atoms with Crippen LogP contribution in [0.3, 0.4) is 0 Å². The summed E-state index contributed by atoms with van der Waals surface area (Å²) in [5.41, 5.74) is 0. The molecule has 0 radical (unpaired) electrons. The smallest absolute Gasteiger partial charge is 0.171 e. The highest BCUT2D eigenvalue weighted by molar-refractivity contribution is 6.25. The summed E-state index contributed by atoms with van der Waals surface area (Å²) < 4.78 is 5.04. The van der Waals surface area contributed by atoms with E-state index >= 15 is 0 Å². The molecule has 1 heterocycles. The molecule has 1 rings (SSSR count). The molecule has 1 aliphatic rings. The molecule has 1 saturated heterocycles. The van der Waals surface area contributed by atoms with Gasteiger partial charge in [-0.2, -0.15) is 0 Å². The van der Waals surface area contributed by atoms with Gasteiger partial charge in [0.05, 0.1) is 0 Å². The van der Waals surface area contributed by atoms with E-state index in [-0.39, 0.29) is 11.2 Å². The molecule has 0 aromatic rings. The number of epoxide rings is 1. The summed E-state index contributed by atoms with van der Waals surface area (Å²) in [6.45, 7) is 5.51. The first-order valence-corrected chi connectivity index (χ1v) is 3.04. The van der Waals surface area contributed by atoms with Crippen molar-refractivity contribution in [2.24, 2.45) is 0 Å². The molecule has 0 amide bonds. The first kappa shape index (κ1) is 6.12. The van der Waals surface area contributed by atoms with E-state index in [1.165, 1.54) is 0 Å². The normalized spacial score (nSPS) is 44.0. The van der Waals surface area contributed by atoms with Crippen LogP contribution in [0.25, 0.3) is 0 Å². The Bertz CT molecular complexity index is 113. The van der Waals surface area contributed by atoms with Crippen molar-refractivity contribution in [3.8, 4) is 0 Å². The minimum Gasteiger partial charge on any atom is -0.349 e. The zero-order valence-corrected chi connectivity index (χ0v) is 5.61. The molecule has 0 saturated carbocycles. The summed E-state index contributed by atoms with van der Waals surface area (Å²) in [6, 6.07) is 0. The van der Waals surface area contributed by atoms with Crippen molar-refractivity contribution in [2.75, 3.05) is 0 Å². The average molecular weight is 133 g/mol. The Morgan fingerprint density at radius 3 is 2.62 bits per heavy atom. The van der Waals surface area contributed by atoms with Gasteiger partial charge in [0.1, 0.15) is 6.10 Å². The monoisotopic (exact) mass is 132 g/mol. The molecule has 1 nitrogen and oxygen atoms in total. The zero-order chi connectivity index (χ0) is 6.20. The Kier molecular flexibility index (Phi) is 1.33. The van der Waals surface area contributed by atoms with E-state index in [4.69, 9.17) is 16.3 Å². The van der Waals surface area contributed by atoms with Crippen LogP contribution >= 0.6 is 11.6 Å². The topological polar surface area (TPSA) is 12.5 Å². The second kappa shape index (κ2) is 1.74. The zero-order valence-electron chi connectivity index (χ0n) is 4.86. The number of ether oxygens (including phenoxy) is 1. The van der Waals surface area contributed by atoms with Crippen molar-refractivity contribution in [1.29, 1.82) is 0 Å². The highest BCUT2D eigenvalue weighted by Gasteiger charge is 2.50. The Hall–Kier alpha value is -0.0100. The summed E-state index contributed by atoms with van der Waals surface area (Å²) in [5, 5.41) is -0.387. The molecule has 2 atom stereocenters. The molecule has 2 heteroatoms. The van der Waals surface area contributed by atoms with Crippen LogP contribution < -0.4 is 0 Å². The van der Waals surface area contributed by atoms with Gasteiger partial charge in [-0.1, -0.05) is 17.7 Å². The lowest BCUT2D eigenvalue weighted by Crippen LogP contribution is -2.00. The SMILES string of the molecule is C=CCC1(Cl)OC1C. The van der Waals surface area contributed by atoms with Crippen molar-refractivity contribution in [1.82, 2.24) is 0 Å². The molecule has 0 bridgehead atoms. The lowest BCUT2D eigenvalue weighted by Gasteiger charge is -1.93. The number of hydrogen-bond acceptors (Lipinski definition) is 1. The molecule has 8 heavy (non-hydrogen) atoms. The van der Waals surface area contributed by atoms with Crippen LogP contribution in [0.4, 0.5) is 0 Å². The molecular weight excluding hydrogens is 124 g/mol. The summed E-state index contributed by atoms with van der Waals surface area (Å²) in [7, 11) is 0. The van der Waals surface area contributed by atoms with Crippen LogP contribution in [0.15, 0.2) is 12.7 Å². The fraction of sp³-hybridized carbons (Fsp3) is 0.667. The predicted molar refractivity (Wildman–Crippen MR) is 33.9 cm³/mol. The van der Waals surface area contributed by atoms with E-state index in [2.05, 4.69) is 6.58 Å². The minimum absolute atomic E-state index is 0.210. The number of halogens is 1. The standard InChI is InChI=1S/C6H9ClO/c1-3-4-6(7)5(2)8-6/h3,5H,1,4H2,2H3. The summed E-state index contributed by atoms with van der Waals surface area (Å²) in [4.78, 5) is 0. The molecular formula is C6H9ClO. The Labute approximate surface area is 54.3 Å². The first-order chi connectivity index (χ1) is 3.69. The molecule has 0 aliphatic carbocycles. The number of rotatable bonds is 2. The Balaban J connectivity index is 2.35. The third-order valence-electron chi connectivity index (χ3n) is 1.35. The third-order valence-corrected chi connectivity index (χ3v) is 1.90. The van der Waals surface area contributed by atoms with Crippen molar-refractivity contribution in [3.63, 3.8) is 0 Å². The third kappa shape index (κ3) is 0.884. The van der Waals surface area contributed by atoms with Gasteiger partial charge in [0, 0.05) is 6.42 Å². The van der Waals surface area contributed by atoms with Gasteiger partial charge < -0.3 is 4.74 Å². The van der Waals surface area contributed by atoms with E-state index in [1.54, 1.807) is 6.08 Å². The van der Waals surface area contributed by atoms with Gasteiger partial charge in [0.15, 0.2) is 5.06 Å². The summed E-state index contributed by atoms with van der Waals surface area (Å²) in [6.07, 6.45) is 2.73. The summed E-state index contributed by atoms with van der Waals surface area (Å²) in [5.74, 6) is 0. The fourth-order valence-corrected chi connectivity index (χ4v) is 0.913. The molecule has 0 N–H and O–H groups in total. The maximum Gasteiger partial charge on any atom is 0.171 e. The van der Waals surface area contributed by atoms with Crippen LogP contribution in [0.2, 0.25) is 0 Å². The highest BCUT2D eigenvalue weighted by Crippen LogP contribution is 2.43. The van der Waals surface area contributed by atoms with Gasteiger partial charge in [-0.15, -0.1) is 6.58 Å².